The Morgan fingerprint density at radius 2 is 2.04 bits per heavy atom. The first-order valence-corrected chi connectivity index (χ1v) is 8.60. The molecule has 4 heteroatoms. The van der Waals surface area contributed by atoms with Crippen LogP contribution in [0.25, 0.3) is 0 Å². The number of rotatable bonds is 5. The molecule has 0 spiro atoms. The second-order valence-electron chi connectivity index (χ2n) is 7.56. The highest BCUT2D eigenvalue weighted by Gasteiger charge is 2.20. The Balaban J connectivity index is 1.56. The fourth-order valence-electron chi connectivity index (χ4n) is 3.04. The van der Waals surface area contributed by atoms with Gasteiger partial charge in [0.15, 0.2) is 0 Å². The average Bonchev–Trinajstić information content (AvgIpc) is 2.96. The van der Waals surface area contributed by atoms with E-state index in [0.29, 0.717) is 6.61 Å². The third-order valence-electron chi connectivity index (χ3n) is 4.48. The molecule has 1 aliphatic heterocycles. The fraction of sp³-hybridized carbons (Fsp3) is 0.450. The highest BCUT2D eigenvalue weighted by atomic mass is 16.5. The molecule has 0 radical (unpaired) electrons. The van der Waals surface area contributed by atoms with E-state index in [1.807, 2.05) is 6.20 Å². The van der Waals surface area contributed by atoms with Gasteiger partial charge in [-0.1, -0.05) is 39.0 Å². The van der Waals surface area contributed by atoms with Crippen molar-refractivity contribution in [1.29, 1.82) is 0 Å². The second kappa shape index (κ2) is 6.81. The lowest BCUT2D eigenvalue weighted by Crippen LogP contribution is -2.40. The molecule has 0 unspecified atom stereocenters. The molecule has 1 aromatic carbocycles. The van der Waals surface area contributed by atoms with Crippen molar-refractivity contribution < 1.29 is 4.74 Å². The smallest absolute Gasteiger partial charge is 0.137 e. The molecular formula is C20H27N3O. The van der Waals surface area contributed by atoms with E-state index in [-0.39, 0.29) is 11.5 Å². The quantitative estimate of drug-likeness (QED) is 0.917. The van der Waals surface area contributed by atoms with Crippen molar-refractivity contribution >= 4 is 5.69 Å². The first-order chi connectivity index (χ1) is 11.4. The van der Waals surface area contributed by atoms with E-state index in [0.717, 1.165) is 25.3 Å². The third kappa shape index (κ3) is 3.88. The van der Waals surface area contributed by atoms with Crippen LogP contribution in [0.1, 0.15) is 31.9 Å². The molecule has 0 fully saturated rings. The summed E-state index contributed by atoms with van der Waals surface area (Å²) in [5.74, 6) is 0.791. The number of nitrogens with zero attached hydrogens (tertiary/aromatic N) is 2. The van der Waals surface area contributed by atoms with Crippen molar-refractivity contribution in [3.8, 4) is 5.75 Å². The molecule has 0 bridgehead atoms. The van der Waals surface area contributed by atoms with E-state index in [9.17, 15) is 0 Å². The molecule has 0 amide bonds. The topological polar surface area (TPSA) is 51.4 Å². The number of pyridine rings is 1. The van der Waals surface area contributed by atoms with Crippen LogP contribution in [0.4, 0.5) is 5.69 Å². The zero-order valence-corrected chi connectivity index (χ0v) is 14.8. The molecule has 1 aliphatic rings. The van der Waals surface area contributed by atoms with Gasteiger partial charge in [-0.05, 0) is 35.1 Å². The van der Waals surface area contributed by atoms with Gasteiger partial charge in [0.1, 0.15) is 12.4 Å². The fourth-order valence-corrected chi connectivity index (χ4v) is 3.04. The predicted molar refractivity (Wildman–Crippen MR) is 98.8 cm³/mol. The SMILES string of the molecule is CC(C)(C)c1cncc(OC[C@@H](N)CN2CCc3ccccc32)c1. The number of anilines is 1. The van der Waals surface area contributed by atoms with Crippen LogP contribution in [0.15, 0.2) is 42.7 Å². The Morgan fingerprint density at radius 3 is 2.83 bits per heavy atom. The highest BCUT2D eigenvalue weighted by molar-refractivity contribution is 5.57. The number of nitrogens with two attached hydrogens (primary N) is 1. The van der Waals surface area contributed by atoms with Crippen LogP contribution in [-0.2, 0) is 11.8 Å². The summed E-state index contributed by atoms with van der Waals surface area (Å²) in [6.07, 6.45) is 4.75. The van der Waals surface area contributed by atoms with Gasteiger partial charge in [-0.3, -0.25) is 4.98 Å². The maximum absolute atomic E-state index is 6.30. The summed E-state index contributed by atoms with van der Waals surface area (Å²) in [6, 6.07) is 10.6. The third-order valence-corrected chi connectivity index (χ3v) is 4.48. The lowest BCUT2D eigenvalue weighted by atomic mass is 9.88. The molecule has 2 aromatic rings. The molecule has 0 aliphatic carbocycles. The van der Waals surface area contributed by atoms with Gasteiger partial charge < -0.3 is 15.4 Å². The molecule has 2 heterocycles. The standard InChI is InChI=1S/C20H27N3O/c1-20(2,3)16-10-18(12-22-11-16)24-14-17(21)13-23-9-8-15-6-4-5-7-19(15)23/h4-7,10-12,17H,8-9,13-14,21H2,1-3H3/t17-/m0/s1. The number of ether oxygens (including phenoxy) is 1. The maximum Gasteiger partial charge on any atom is 0.137 e. The monoisotopic (exact) mass is 325 g/mol. The lowest BCUT2D eigenvalue weighted by Gasteiger charge is -2.24. The van der Waals surface area contributed by atoms with Crippen molar-refractivity contribution in [1.82, 2.24) is 4.98 Å². The predicted octanol–water partition coefficient (Wildman–Crippen LogP) is 3.15. The summed E-state index contributed by atoms with van der Waals surface area (Å²) in [6.45, 7) is 8.85. The van der Waals surface area contributed by atoms with Crippen LogP contribution in [0.2, 0.25) is 0 Å². The summed E-state index contributed by atoms with van der Waals surface area (Å²) in [5, 5.41) is 0. The summed E-state index contributed by atoms with van der Waals surface area (Å²) in [7, 11) is 0. The van der Waals surface area contributed by atoms with Gasteiger partial charge in [-0.2, -0.15) is 0 Å². The molecule has 0 saturated carbocycles. The Labute approximate surface area is 144 Å². The molecule has 128 valence electrons. The number of fused-ring (bicyclic) bond motifs is 1. The maximum atomic E-state index is 6.30. The summed E-state index contributed by atoms with van der Waals surface area (Å²) in [5.41, 5.74) is 10.2. The number of para-hydroxylation sites is 1. The van der Waals surface area contributed by atoms with Crippen LogP contribution in [-0.4, -0.2) is 30.7 Å². The first kappa shape index (κ1) is 16.8. The number of hydrogen-bond donors (Lipinski definition) is 1. The summed E-state index contributed by atoms with van der Waals surface area (Å²) in [4.78, 5) is 6.64. The minimum atomic E-state index is -0.0329. The van der Waals surface area contributed by atoms with Crippen LogP contribution < -0.4 is 15.4 Å². The minimum Gasteiger partial charge on any atom is -0.490 e. The van der Waals surface area contributed by atoms with E-state index < -0.39 is 0 Å². The highest BCUT2D eigenvalue weighted by Crippen LogP contribution is 2.27. The number of benzene rings is 1. The normalized spacial score (nSPS) is 15.2. The molecule has 3 rings (SSSR count). The van der Waals surface area contributed by atoms with Crippen molar-refractivity contribution in [2.75, 3.05) is 24.6 Å². The van der Waals surface area contributed by atoms with Crippen LogP contribution in [0.3, 0.4) is 0 Å². The van der Waals surface area contributed by atoms with Crippen molar-refractivity contribution in [2.45, 2.75) is 38.6 Å². The second-order valence-corrected chi connectivity index (χ2v) is 7.56. The lowest BCUT2D eigenvalue weighted by molar-refractivity contribution is 0.287. The van der Waals surface area contributed by atoms with Crippen LogP contribution >= 0.6 is 0 Å². The molecule has 1 aromatic heterocycles. The van der Waals surface area contributed by atoms with Gasteiger partial charge in [0.25, 0.3) is 0 Å². The zero-order valence-electron chi connectivity index (χ0n) is 14.8. The van der Waals surface area contributed by atoms with Gasteiger partial charge >= 0.3 is 0 Å². The molecule has 0 saturated heterocycles. The van der Waals surface area contributed by atoms with E-state index in [4.69, 9.17) is 10.5 Å². The number of hydrogen-bond acceptors (Lipinski definition) is 4. The van der Waals surface area contributed by atoms with E-state index in [1.54, 1.807) is 6.20 Å². The molecule has 1 atom stereocenters. The summed E-state index contributed by atoms with van der Waals surface area (Å²) < 4.78 is 5.89. The first-order valence-electron chi connectivity index (χ1n) is 8.60. The zero-order chi connectivity index (χ0) is 17.2. The Hall–Kier alpha value is -2.07. The molecule has 24 heavy (non-hydrogen) atoms. The summed E-state index contributed by atoms with van der Waals surface area (Å²) >= 11 is 0. The largest absolute Gasteiger partial charge is 0.490 e. The molecule has 4 nitrogen and oxygen atoms in total. The van der Waals surface area contributed by atoms with E-state index in [1.165, 1.54) is 16.8 Å². The van der Waals surface area contributed by atoms with Crippen molar-refractivity contribution in [3.05, 3.63) is 53.9 Å². The van der Waals surface area contributed by atoms with Gasteiger partial charge in [0, 0.05) is 25.0 Å². The minimum absolute atomic E-state index is 0.0329. The van der Waals surface area contributed by atoms with Gasteiger partial charge in [-0.25, -0.2) is 0 Å². The Kier molecular flexibility index (Phi) is 4.76. The average molecular weight is 325 g/mol. The van der Waals surface area contributed by atoms with Gasteiger partial charge in [-0.15, -0.1) is 0 Å². The van der Waals surface area contributed by atoms with Crippen molar-refractivity contribution in [3.63, 3.8) is 0 Å². The van der Waals surface area contributed by atoms with E-state index >= 15 is 0 Å². The van der Waals surface area contributed by atoms with Crippen LogP contribution in [0, 0.1) is 0 Å². The number of aromatic nitrogens is 1. The Morgan fingerprint density at radius 1 is 1.25 bits per heavy atom. The van der Waals surface area contributed by atoms with E-state index in [2.05, 4.69) is 61.0 Å². The van der Waals surface area contributed by atoms with Crippen molar-refractivity contribution in [2.24, 2.45) is 5.73 Å². The molecular weight excluding hydrogens is 298 g/mol. The molecule has 2 N–H and O–H groups in total. The Bertz CT molecular complexity index is 693. The van der Waals surface area contributed by atoms with Gasteiger partial charge in [0.2, 0.25) is 0 Å². The van der Waals surface area contributed by atoms with Gasteiger partial charge in [0.05, 0.1) is 12.2 Å². The van der Waals surface area contributed by atoms with Crippen LogP contribution in [0.5, 0.6) is 5.75 Å².